The second-order valence-corrected chi connectivity index (χ2v) is 6.00. The number of halogens is 1. The third-order valence-corrected chi connectivity index (χ3v) is 4.26. The van der Waals surface area contributed by atoms with Gasteiger partial charge in [0.15, 0.2) is 11.5 Å². The smallest absolute Gasteiger partial charge is 0.243 e. The molecule has 0 radical (unpaired) electrons. The Labute approximate surface area is 134 Å². The van der Waals surface area contributed by atoms with Gasteiger partial charge >= 0.3 is 0 Å². The van der Waals surface area contributed by atoms with Crippen molar-refractivity contribution in [1.29, 1.82) is 0 Å². The number of hydrazone groups is 1. The first-order valence-corrected chi connectivity index (χ1v) is 8.04. The highest BCUT2D eigenvalue weighted by Crippen LogP contribution is 2.37. The third kappa shape index (κ3) is 3.53. The predicted octanol–water partition coefficient (Wildman–Crippen LogP) is 3.14. The number of hydrogen-bond donors (Lipinski definition) is 1. The Balaban J connectivity index is 1.62. The van der Waals surface area contributed by atoms with Crippen LogP contribution in [0, 0.1) is 5.92 Å². The number of nitrogens with zero attached hydrogens (tertiary/aromatic N) is 1. The lowest BCUT2D eigenvalue weighted by Crippen LogP contribution is -2.28. The SMILES string of the molecule is O=C(N/N=C\c1cc(Cl)c2c(c1)OCCO2)C1CCCCC1. The average molecular weight is 323 g/mol. The number of benzene rings is 1. The first-order valence-electron chi connectivity index (χ1n) is 7.66. The van der Waals surface area contributed by atoms with Crippen LogP contribution in [0.25, 0.3) is 0 Å². The summed E-state index contributed by atoms with van der Waals surface area (Å²) in [6, 6.07) is 3.54. The minimum Gasteiger partial charge on any atom is -0.486 e. The lowest BCUT2D eigenvalue weighted by Gasteiger charge is -2.20. The van der Waals surface area contributed by atoms with E-state index in [-0.39, 0.29) is 11.8 Å². The summed E-state index contributed by atoms with van der Waals surface area (Å²) in [6.45, 7) is 1.000. The van der Waals surface area contributed by atoms with E-state index in [0.29, 0.717) is 29.7 Å². The van der Waals surface area contributed by atoms with Crippen molar-refractivity contribution in [3.63, 3.8) is 0 Å². The number of nitrogens with one attached hydrogen (secondary N) is 1. The largest absolute Gasteiger partial charge is 0.486 e. The van der Waals surface area contributed by atoms with Crippen molar-refractivity contribution in [2.24, 2.45) is 11.0 Å². The van der Waals surface area contributed by atoms with Gasteiger partial charge in [-0.25, -0.2) is 5.43 Å². The van der Waals surface area contributed by atoms with Crippen molar-refractivity contribution in [3.8, 4) is 11.5 Å². The Bertz CT molecular complexity index is 583. The van der Waals surface area contributed by atoms with Crippen molar-refractivity contribution < 1.29 is 14.3 Å². The first-order chi connectivity index (χ1) is 10.7. The number of carbonyl (C=O) groups excluding carboxylic acids is 1. The molecule has 0 atom stereocenters. The van der Waals surface area contributed by atoms with Gasteiger partial charge in [-0.2, -0.15) is 5.10 Å². The van der Waals surface area contributed by atoms with Gasteiger partial charge in [-0.05, 0) is 30.5 Å². The third-order valence-electron chi connectivity index (χ3n) is 3.98. The summed E-state index contributed by atoms with van der Waals surface area (Å²) in [5.41, 5.74) is 3.38. The zero-order valence-corrected chi connectivity index (χ0v) is 13.1. The predicted molar refractivity (Wildman–Crippen MR) is 84.8 cm³/mol. The first kappa shape index (κ1) is 15.2. The molecule has 1 heterocycles. The summed E-state index contributed by atoms with van der Waals surface area (Å²) in [6.07, 6.45) is 6.96. The van der Waals surface area contributed by atoms with E-state index in [1.54, 1.807) is 18.3 Å². The molecule has 1 amide bonds. The van der Waals surface area contributed by atoms with Gasteiger partial charge < -0.3 is 9.47 Å². The number of hydrogen-bond acceptors (Lipinski definition) is 4. The van der Waals surface area contributed by atoms with Crippen molar-refractivity contribution in [2.75, 3.05) is 13.2 Å². The average Bonchev–Trinajstić information content (AvgIpc) is 2.56. The maximum absolute atomic E-state index is 12.0. The van der Waals surface area contributed by atoms with Crippen LogP contribution in [-0.2, 0) is 4.79 Å². The van der Waals surface area contributed by atoms with Crippen molar-refractivity contribution in [1.82, 2.24) is 5.43 Å². The van der Waals surface area contributed by atoms with Crippen LogP contribution in [-0.4, -0.2) is 25.3 Å². The van der Waals surface area contributed by atoms with Gasteiger partial charge in [0.1, 0.15) is 13.2 Å². The molecule has 1 saturated carbocycles. The molecule has 5 nitrogen and oxygen atoms in total. The summed E-state index contributed by atoms with van der Waals surface area (Å²) in [5, 5.41) is 4.51. The molecule has 1 aromatic carbocycles. The van der Waals surface area contributed by atoms with E-state index < -0.39 is 0 Å². The quantitative estimate of drug-likeness (QED) is 0.687. The van der Waals surface area contributed by atoms with Crippen LogP contribution in [0.1, 0.15) is 37.7 Å². The van der Waals surface area contributed by atoms with Gasteiger partial charge in [0.2, 0.25) is 5.91 Å². The molecule has 1 aliphatic heterocycles. The van der Waals surface area contributed by atoms with Crippen LogP contribution >= 0.6 is 11.6 Å². The number of amides is 1. The second kappa shape index (κ2) is 7.01. The maximum Gasteiger partial charge on any atom is 0.243 e. The molecule has 0 saturated heterocycles. The van der Waals surface area contributed by atoms with Crippen molar-refractivity contribution in [3.05, 3.63) is 22.7 Å². The highest BCUT2D eigenvalue weighted by atomic mass is 35.5. The topological polar surface area (TPSA) is 59.9 Å². The minimum absolute atomic E-state index is 0.000379. The van der Waals surface area contributed by atoms with Crippen LogP contribution in [0.15, 0.2) is 17.2 Å². The van der Waals surface area contributed by atoms with Crippen LogP contribution < -0.4 is 14.9 Å². The molecule has 1 aliphatic carbocycles. The van der Waals surface area contributed by atoms with Gasteiger partial charge in [-0.15, -0.1) is 0 Å². The molecule has 1 fully saturated rings. The van der Waals surface area contributed by atoms with Gasteiger partial charge in [0.05, 0.1) is 11.2 Å². The van der Waals surface area contributed by atoms with Gasteiger partial charge in [-0.1, -0.05) is 30.9 Å². The fourth-order valence-corrected chi connectivity index (χ4v) is 3.11. The molecule has 6 heteroatoms. The summed E-state index contributed by atoms with van der Waals surface area (Å²) >= 11 is 6.16. The highest BCUT2D eigenvalue weighted by molar-refractivity contribution is 6.32. The normalized spacial score (nSPS) is 18.4. The summed E-state index contributed by atoms with van der Waals surface area (Å²) < 4.78 is 11.0. The summed E-state index contributed by atoms with van der Waals surface area (Å²) in [4.78, 5) is 12.0. The van der Waals surface area contributed by atoms with E-state index >= 15 is 0 Å². The Kier molecular flexibility index (Phi) is 4.83. The molecular weight excluding hydrogens is 304 g/mol. The highest BCUT2D eigenvalue weighted by Gasteiger charge is 2.20. The Hall–Kier alpha value is -1.75. The van der Waals surface area contributed by atoms with E-state index in [9.17, 15) is 4.79 Å². The van der Waals surface area contributed by atoms with Gasteiger partial charge in [0.25, 0.3) is 0 Å². The van der Waals surface area contributed by atoms with Gasteiger partial charge in [0, 0.05) is 5.92 Å². The molecule has 0 spiro atoms. The lowest BCUT2D eigenvalue weighted by atomic mass is 9.89. The molecule has 1 N–H and O–H groups in total. The minimum atomic E-state index is -0.000379. The molecule has 2 aliphatic rings. The van der Waals surface area contributed by atoms with E-state index in [1.165, 1.54) is 6.42 Å². The fraction of sp³-hybridized carbons (Fsp3) is 0.500. The molecule has 22 heavy (non-hydrogen) atoms. The Morgan fingerprint density at radius 3 is 2.82 bits per heavy atom. The Morgan fingerprint density at radius 2 is 2.00 bits per heavy atom. The van der Waals surface area contributed by atoms with E-state index in [0.717, 1.165) is 31.2 Å². The molecular formula is C16H19ClN2O3. The molecule has 0 bridgehead atoms. The standard InChI is InChI=1S/C16H19ClN2O3/c17-13-8-11(9-14-15(13)22-7-6-21-14)10-18-19-16(20)12-4-2-1-3-5-12/h8-10,12H,1-7H2,(H,19,20)/b18-10-. The number of carbonyl (C=O) groups is 1. The summed E-state index contributed by atoms with van der Waals surface area (Å²) in [7, 11) is 0. The maximum atomic E-state index is 12.0. The fourth-order valence-electron chi connectivity index (χ4n) is 2.83. The number of ether oxygens (including phenoxy) is 2. The number of fused-ring (bicyclic) bond motifs is 1. The summed E-state index contributed by atoms with van der Waals surface area (Å²) in [5.74, 6) is 1.27. The van der Waals surface area contributed by atoms with Crippen molar-refractivity contribution >= 4 is 23.7 Å². The molecule has 3 rings (SSSR count). The van der Waals surface area contributed by atoms with Crippen molar-refractivity contribution in [2.45, 2.75) is 32.1 Å². The number of rotatable bonds is 3. The molecule has 118 valence electrons. The van der Waals surface area contributed by atoms with Crippen LogP contribution in [0.2, 0.25) is 5.02 Å². The zero-order valence-electron chi connectivity index (χ0n) is 12.3. The van der Waals surface area contributed by atoms with E-state index in [1.807, 2.05) is 0 Å². The monoisotopic (exact) mass is 322 g/mol. The Morgan fingerprint density at radius 1 is 1.23 bits per heavy atom. The zero-order chi connectivity index (χ0) is 15.4. The molecule has 0 aromatic heterocycles. The van der Waals surface area contributed by atoms with Gasteiger partial charge in [-0.3, -0.25) is 4.79 Å². The van der Waals surface area contributed by atoms with Crippen LogP contribution in [0.4, 0.5) is 0 Å². The molecule has 1 aromatic rings. The molecule has 0 unspecified atom stereocenters. The van der Waals surface area contributed by atoms with Crippen LogP contribution in [0.3, 0.4) is 0 Å². The second-order valence-electron chi connectivity index (χ2n) is 5.60. The lowest BCUT2D eigenvalue weighted by molar-refractivity contribution is -0.125. The van der Waals surface area contributed by atoms with Crippen LogP contribution in [0.5, 0.6) is 11.5 Å². The van der Waals surface area contributed by atoms with E-state index in [4.69, 9.17) is 21.1 Å². The van der Waals surface area contributed by atoms with E-state index in [2.05, 4.69) is 10.5 Å².